The van der Waals surface area contributed by atoms with E-state index in [0.29, 0.717) is 6.54 Å². The van der Waals surface area contributed by atoms with Crippen molar-refractivity contribution < 1.29 is 9.59 Å². The van der Waals surface area contributed by atoms with Crippen molar-refractivity contribution in [2.45, 2.75) is 6.04 Å². The Morgan fingerprint density at radius 1 is 1.91 bits per heavy atom. The van der Waals surface area contributed by atoms with Gasteiger partial charge < -0.3 is 16.0 Å². The maximum atomic E-state index is 10.8. The third kappa shape index (κ3) is 1.48. The van der Waals surface area contributed by atoms with E-state index in [1.807, 2.05) is 0 Å². The van der Waals surface area contributed by atoms with Gasteiger partial charge in [0.05, 0.1) is 6.54 Å². The zero-order valence-electron chi connectivity index (χ0n) is 6.33. The summed E-state index contributed by atoms with van der Waals surface area (Å²) in [5.74, 6) is -0.307. The molecule has 5 heteroatoms. The van der Waals surface area contributed by atoms with Crippen molar-refractivity contribution in [1.29, 1.82) is 0 Å². The first-order valence-electron chi connectivity index (χ1n) is 3.40. The lowest BCUT2D eigenvalue weighted by molar-refractivity contribution is -0.145. The van der Waals surface area contributed by atoms with Gasteiger partial charge in [0.2, 0.25) is 11.8 Å². The number of β-lactam (4-membered cyclic amide) rings is 1. The van der Waals surface area contributed by atoms with E-state index < -0.39 is 0 Å². The molecule has 0 saturated carbocycles. The summed E-state index contributed by atoms with van der Waals surface area (Å²) in [6, 6.07) is -0.389. The molecule has 11 heavy (non-hydrogen) atoms. The summed E-state index contributed by atoms with van der Waals surface area (Å²) in [5, 5.41) is 2.43. The lowest BCUT2D eigenvalue weighted by Gasteiger charge is -2.35. The second-order valence-corrected chi connectivity index (χ2v) is 2.50. The monoisotopic (exact) mass is 157 g/mol. The Bertz CT molecular complexity index is 192. The molecule has 0 spiro atoms. The van der Waals surface area contributed by atoms with Gasteiger partial charge in [0.25, 0.3) is 0 Å². The molecule has 2 amide bonds. The van der Waals surface area contributed by atoms with Crippen LogP contribution < -0.4 is 11.1 Å². The van der Waals surface area contributed by atoms with Gasteiger partial charge in [0, 0.05) is 13.6 Å². The number of nitrogens with two attached hydrogens (primary N) is 1. The molecule has 3 N–H and O–H groups in total. The minimum atomic E-state index is -0.389. The minimum Gasteiger partial charge on any atom is -0.358 e. The van der Waals surface area contributed by atoms with Gasteiger partial charge in [-0.15, -0.1) is 0 Å². The van der Waals surface area contributed by atoms with E-state index in [0.717, 1.165) is 0 Å². The highest BCUT2D eigenvalue weighted by Crippen LogP contribution is 2.05. The van der Waals surface area contributed by atoms with Crippen LogP contribution in [0.4, 0.5) is 0 Å². The molecule has 1 saturated heterocycles. The zero-order chi connectivity index (χ0) is 8.43. The predicted molar refractivity (Wildman–Crippen MR) is 38.6 cm³/mol. The van der Waals surface area contributed by atoms with Crippen molar-refractivity contribution in [3.05, 3.63) is 0 Å². The quantitative estimate of drug-likeness (QED) is 0.451. The van der Waals surface area contributed by atoms with E-state index in [-0.39, 0.29) is 24.4 Å². The highest BCUT2D eigenvalue weighted by atomic mass is 16.2. The summed E-state index contributed by atoms with van der Waals surface area (Å²) in [4.78, 5) is 23.0. The van der Waals surface area contributed by atoms with E-state index in [1.54, 1.807) is 0 Å². The molecule has 1 fully saturated rings. The molecule has 0 radical (unpaired) electrons. The summed E-state index contributed by atoms with van der Waals surface area (Å²) < 4.78 is 0. The summed E-state index contributed by atoms with van der Waals surface area (Å²) in [5.41, 5.74) is 5.31. The molecule has 0 aliphatic carbocycles. The van der Waals surface area contributed by atoms with Gasteiger partial charge in [0.1, 0.15) is 6.04 Å². The maximum Gasteiger partial charge on any atom is 0.241 e. The van der Waals surface area contributed by atoms with Crippen LogP contribution in [0.5, 0.6) is 0 Å². The van der Waals surface area contributed by atoms with Crippen molar-refractivity contribution >= 4 is 11.8 Å². The fraction of sp³-hybridized carbons (Fsp3) is 0.667. The van der Waals surface area contributed by atoms with Crippen LogP contribution in [0.1, 0.15) is 0 Å². The molecule has 1 aliphatic heterocycles. The van der Waals surface area contributed by atoms with E-state index in [9.17, 15) is 9.59 Å². The number of amides is 2. The average molecular weight is 157 g/mol. The molecular weight excluding hydrogens is 146 g/mol. The Morgan fingerprint density at radius 2 is 2.55 bits per heavy atom. The fourth-order valence-electron chi connectivity index (χ4n) is 0.922. The molecule has 1 aliphatic rings. The standard InChI is InChI=1S/C6H11N3O2/c1-8-5(10)3-9-2-4(7)6(9)11/h4H,2-3,7H2,1H3,(H,8,10). The summed E-state index contributed by atoms with van der Waals surface area (Å²) >= 11 is 0. The van der Waals surface area contributed by atoms with Crippen LogP contribution in [0.15, 0.2) is 0 Å². The smallest absolute Gasteiger partial charge is 0.241 e. The minimum absolute atomic E-state index is 0.128. The SMILES string of the molecule is CNC(=O)CN1CC(N)C1=O. The number of nitrogens with one attached hydrogen (secondary N) is 1. The highest BCUT2D eigenvalue weighted by Gasteiger charge is 2.34. The largest absolute Gasteiger partial charge is 0.358 e. The molecule has 0 aromatic carbocycles. The van der Waals surface area contributed by atoms with Crippen molar-refractivity contribution in [1.82, 2.24) is 10.2 Å². The van der Waals surface area contributed by atoms with E-state index in [2.05, 4.69) is 5.32 Å². The number of carbonyl (C=O) groups is 2. The molecule has 62 valence electrons. The number of likely N-dealkylation sites (N-methyl/N-ethyl adjacent to an activating group) is 1. The van der Waals surface area contributed by atoms with Crippen molar-refractivity contribution in [3.8, 4) is 0 Å². The number of rotatable bonds is 2. The van der Waals surface area contributed by atoms with Gasteiger partial charge in [-0.1, -0.05) is 0 Å². The number of likely N-dealkylation sites (tertiary alicyclic amines) is 1. The van der Waals surface area contributed by atoms with Gasteiger partial charge >= 0.3 is 0 Å². The van der Waals surface area contributed by atoms with Crippen LogP contribution in [0.25, 0.3) is 0 Å². The van der Waals surface area contributed by atoms with Crippen molar-refractivity contribution in [3.63, 3.8) is 0 Å². The Hall–Kier alpha value is -1.10. The lowest BCUT2D eigenvalue weighted by Crippen LogP contribution is -2.62. The zero-order valence-corrected chi connectivity index (χ0v) is 6.33. The van der Waals surface area contributed by atoms with Crippen LogP contribution in [0, 0.1) is 0 Å². The predicted octanol–water partition coefficient (Wildman–Crippen LogP) is -2.10. The Morgan fingerprint density at radius 3 is 2.91 bits per heavy atom. The van der Waals surface area contributed by atoms with Crippen LogP contribution in [-0.4, -0.2) is 42.9 Å². The summed E-state index contributed by atoms with van der Waals surface area (Å²) in [6.07, 6.45) is 0. The normalized spacial score (nSPS) is 22.9. The second-order valence-electron chi connectivity index (χ2n) is 2.50. The molecule has 1 atom stereocenters. The van der Waals surface area contributed by atoms with E-state index in [4.69, 9.17) is 5.73 Å². The van der Waals surface area contributed by atoms with Gasteiger partial charge in [-0.2, -0.15) is 0 Å². The van der Waals surface area contributed by atoms with Gasteiger partial charge in [-0.3, -0.25) is 9.59 Å². The third-order valence-corrected chi connectivity index (χ3v) is 1.66. The summed E-state index contributed by atoms with van der Waals surface area (Å²) in [7, 11) is 1.53. The first kappa shape index (κ1) is 8.00. The molecule has 0 aromatic heterocycles. The number of hydrogen-bond acceptors (Lipinski definition) is 3. The molecule has 1 rings (SSSR count). The van der Waals surface area contributed by atoms with Crippen LogP contribution in [-0.2, 0) is 9.59 Å². The third-order valence-electron chi connectivity index (χ3n) is 1.66. The Kier molecular flexibility index (Phi) is 2.09. The first-order valence-corrected chi connectivity index (χ1v) is 3.40. The maximum absolute atomic E-state index is 10.8. The highest BCUT2D eigenvalue weighted by molar-refractivity contribution is 5.91. The number of carbonyl (C=O) groups excluding carboxylic acids is 2. The second kappa shape index (κ2) is 2.87. The molecule has 1 unspecified atom stereocenters. The van der Waals surface area contributed by atoms with Gasteiger partial charge in [-0.05, 0) is 0 Å². The summed E-state index contributed by atoms with van der Waals surface area (Å²) in [6.45, 7) is 0.620. The molecule has 0 bridgehead atoms. The Balaban J connectivity index is 2.30. The van der Waals surface area contributed by atoms with Crippen LogP contribution in [0.2, 0.25) is 0 Å². The van der Waals surface area contributed by atoms with Crippen molar-refractivity contribution in [2.75, 3.05) is 20.1 Å². The Labute approximate surface area is 64.5 Å². The lowest BCUT2D eigenvalue weighted by atomic mass is 10.1. The van der Waals surface area contributed by atoms with Crippen LogP contribution in [0.3, 0.4) is 0 Å². The number of nitrogens with zero attached hydrogens (tertiary/aromatic N) is 1. The fourth-order valence-corrected chi connectivity index (χ4v) is 0.922. The molecule has 1 heterocycles. The number of hydrogen-bond donors (Lipinski definition) is 2. The molecule has 0 aromatic rings. The van der Waals surface area contributed by atoms with Gasteiger partial charge in [-0.25, -0.2) is 0 Å². The topological polar surface area (TPSA) is 75.4 Å². The van der Waals surface area contributed by atoms with Crippen molar-refractivity contribution in [2.24, 2.45) is 5.73 Å². The first-order chi connectivity index (χ1) is 5.15. The van der Waals surface area contributed by atoms with E-state index in [1.165, 1.54) is 11.9 Å². The van der Waals surface area contributed by atoms with Gasteiger partial charge in [0.15, 0.2) is 0 Å². The molecule has 5 nitrogen and oxygen atoms in total. The van der Waals surface area contributed by atoms with Crippen LogP contribution >= 0.6 is 0 Å². The van der Waals surface area contributed by atoms with E-state index >= 15 is 0 Å². The average Bonchev–Trinajstić information content (AvgIpc) is 2.03. The molecular formula is C6H11N3O2.